The number of nitrogens with zero attached hydrogens (tertiary/aromatic N) is 1. The van der Waals surface area contributed by atoms with E-state index in [0.717, 1.165) is 51.2 Å². The molecule has 0 radical (unpaired) electrons. The summed E-state index contributed by atoms with van der Waals surface area (Å²) >= 11 is 0. The van der Waals surface area contributed by atoms with Crippen molar-refractivity contribution in [2.24, 2.45) is 5.92 Å². The first-order valence-corrected chi connectivity index (χ1v) is 9.38. The number of hydrogen-bond donors (Lipinski definition) is 1. The number of ether oxygens (including phenoxy) is 1. The summed E-state index contributed by atoms with van der Waals surface area (Å²) in [5.74, 6) is 0.0230. The first-order chi connectivity index (χ1) is 10.9. The van der Waals surface area contributed by atoms with Crippen molar-refractivity contribution in [2.45, 2.75) is 30.7 Å². The molecule has 1 heterocycles. The molecular formula is C16H25FN2O3S. The normalized spacial score (nSPS) is 18.9. The number of rotatable bonds is 7. The van der Waals surface area contributed by atoms with E-state index >= 15 is 0 Å². The molecule has 1 aromatic rings. The zero-order valence-corrected chi connectivity index (χ0v) is 14.5. The second kappa shape index (κ2) is 8.19. The van der Waals surface area contributed by atoms with Crippen molar-refractivity contribution in [1.82, 2.24) is 9.62 Å². The van der Waals surface area contributed by atoms with Gasteiger partial charge in [-0.25, -0.2) is 17.5 Å². The van der Waals surface area contributed by atoms with Crippen molar-refractivity contribution in [3.05, 3.63) is 30.1 Å². The minimum Gasteiger partial charge on any atom is -0.384 e. The molecule has 0 amide bonds. The van der Waals surface area contributed by atoms with Crippen molar-refractivity contribution in [1.29, 1.82) is 0 Å². The topological polar surface area (TPSA) is 58.6 Å². The van der Waals surface area contributed by atoms with Crippen LogP contribution in [0, 0.1) is 11.7 Å². The molecule has 1 saturated heterocycles. The number of benzene rings is 1. The van der Waals surface area contributed by atoms with Crippen LogP contribution in [0.25, 0.3) is 0 Å². The molecule has 0 aromatic heterocycles. The molecule has 2 rings (SSSR count). The van der Waals surface area contributed by atoms with Crippen molar-refractivity contribution < 1.29 is 17.5 Å². The number of piperidine rings is 1. The molecule has 1 aromatic carbocycles. The minimum atomic E-state index is -3.58. The van der Waals surface area contributed by atoms with E-state index in [1.165, 1.54) is 12.1 Å². The standard InChI is InChI=1S/C16H25FN2O3S/c1-13(12-22-2)11-19-9-7-15(8-10-19)18-23(20,21)16-5-3-14(17)4-6-16/h3-6,13,15,18H,7-12H2,1-2H3/t13-/m0/s1. The molecule has 0 aliphatic carbocycles. The molecule has 1 N–H and O–H groups in total. The maximum Gasteiger partial charge on any atom is 0.240 e. The molecule has 23 heavy (non-hydrogen) atoms. The Morgan fingerprint density at radius 3 is 2.48 bits per heavy atom. The van der Waals surface area contributed by atoms with E-state index in [0.29, 0.717) is 5.92 Å². The lowest BCUT2D eigenvalue weighted by Gasteiger charge is -2.33. The van der Waals surface area contributed by atoms with Gasteiger partial charge in [-0.2, -0.15) is 0 Å². The molecular weight excluding hydrogens is 319 g/mol. The van der Waals surface area contributed by atoms with E-state index in [4.69, 9.17) is 4.74 Å². The second-order valence-corrected chi connectivity index (χ2v) is 7.92. The first kappa shape index (κ1) is 18.3. The summed E-state index contributed by atoms with van der Waals surface area (Å²) in [4.78, 5) is 2.45. The Morgan fingerprint density at radius 1 is 1.30 bits per heavy atom. The summed E-state index contributed by atoms with van der Waals surface area (Å²) in [5.41, 5.74) is 0. The summed E-state index contributed by atoms with van der Waals surface area (Å²) in [5, 5.41) is 0. The van der Waals surface area contributed by atoms with Gasteiger partial charge in [-0.15, -0.1) is 0 Å². The Kier molecular flexibility index (Phi) is 6.52. The fourth-order valence-electron chi connectivity index (χ4n) is 2.91. The molecule has 0 bridgehead atoms. The summed E-state index contributed by atoms with van der Waals surface area (Å²) in [7, 11) is -1.88. The van der Waals surface area contributed by atoms with Crippen LogP contribution in [0.1, 0.15) is 19.8 Å². The summed E-state index contributed by atoms with van der Waals surface area (Å²) in [6, 6.07) is 4.83. The van der Waals surface area contributed by atoms with Gasteiger partial charge in [0.1, 0.15) is 5.82 Å². The lowest BCUT2D eigenvalue weighted by Crippen LogP contribution is -2.45. The maximum absolute atomic E-state index is 12.9. The molecule has 0 saturated carbocycles. The smallest absolute Gasteiger partial charge is 0.240 e. The molecule has 0 unspecified atom stereocenters. The van der Waals surface area contributed by atoms with Gasteiger partial charge in [-0.05, 0) is 56.1 Å². The zero-order valence-electron chi connectivity index (χ0n) is 13.7. The Balaban J connectivity index is 1.85. The molecule has 1 aliphatic rings. The van der Waals surface area contributed by atoms with Crippen LogP contribution in [0.3, 0.4) is 0 Å². The maximum atomic E-state index is 12.9. The number of hydrogen-bond acceptors (Lipinski definition) is 4. The summed E-state index contributed by atoms with van der Waals surface area (Å²) in [6.45, 7) is 5.57. The molecule has 1 atom stereocenters. The molecule has 1 fully saturated rings. The van der Waals surface area contributed by atoms with Crippen LogP contribution >= 0.6 is 0 Å². The number of methoxy groups -OCH3 is 1. The van der Waals surface area contributed by atoms with Crippen molar-refractivity contribution in [2.75, 3.05) is 33.4 Å². The average molecular weight is 344 g/mol. The molecule has 130 valence electrons. The first-order valence-electron chi connectivity index (χ1n) is 7.90. The van der Waals surface area contributed by atoms with Gasteiger partial charge in [0.25, 0.3) is 0 Å². The quantitative estimate of drug-likeness (QED) is 0.820. The molecule has 5 nitrogen and oxygen atoms in total. The lowest BCUT2D eigenvalue weighted by molar-refractivity contribution is 0.116. The molecule has 1 aliphatic heterocycles. The Bertz CT molecular complexity index is 584. The molecule has 0 spiro atoms. The van der Waals surface area contributed by atoms with Crippen LogP contribution in [0.15, 0.2) is 29.2 Å². The van der Waals surface area contributed by atoms with Crippen LogP contribution in [-0.4, -0.2) is 52.7 Å². The van der Waals surface area contributed by atoms with Crippen molar-refractivity contribution in [3.63, 3.8) is 0 Å². The number of likely N-dealkylation sites (tertiary alicyclic amines) is 1. The summed E-state index contributed by atoms with van der Waals surface area (Å²) in [6.07, 6.45) is 1.56. The van der Waals surface area contributed by atoms with Gasteiger partial charge in [0.15, 0.2) is 0 Å². The lowest BCUT2D eigenvalue weighted by atomic mass is 10.0. The Hall–Kier alpha value is -1.02. The third-order valence-electron chi connectivity index (χ3n) is 4.05. The third-order valence-corrected chi connectivity index (χ3v) is 5.59. The number of sulfonamides is 1. The van der Waals surface area contributed by atoms with E-state index in [1.807, 2.05) is 0 Å². The average Bonchev–Trinajstić information content (AvgIpc) is 2.50. The van der Waals surface area contributed by atoms with Gasteiger partial charge in [-0.3, -0.25) is 0 Å². The van der Waals surface area contributed by atoms with Crippen LogP contribution in [0.2, 0.25) is 0 Å². The highest BCUT2D eigenvalue weighted by Gasteiger charge is 2.25. The van der Waals surface area contributed by atoms with Crippen LogP contribution in [0.5, 0.6) is 0 Å². The molecule has 7 heteroatoms. The highest BCUT2D eigenvalue weighted by molar-refractivity contribution is 7.89. The number of nitrogens with one attached hydrogen (secondary N) is 1. The minimum absolute atomic E-state index is 0.0703. The Morgan fingerprint density at radius 2 is 1.91 bits per heavy atom. The van der Waals surface area contributed by atoms with Gasteiger partial charge >= 0.3 is 0 Å². The van der Waals surface area contributed by atoms with Crippen LogP contribution in [0.4, 0.5) is 4.39 Å². The van der Waals surface area contributed by atoms with Crippen LogP contribution < -0.4 is 4.72 Å². The van der Waals surface area contributed by atoms with Gasteiger partial charge in [0, 0.05) is 26.3 Å². The van der Waals surface area contributed by atoms with Gasteiger partial charge in [0.2, 0.25) is 10.0 Å². The second-order valence-electron chi connectivity index (χ2n) is 6.21. The van der Waals surface area contributed by atoms with E-state index < -0.39 is 15.8 Å². The number of halogens is 1. The van der Waals surface area contributed by atoms with Gasteiger partial charge in [0.05, 0.1) is 4.90 Å². The Labute approximate surface area is 137 Å². The SMILES string of the molecule is COC[C@@H](C)CN1CCC(NS(=O)(=O)c2ccc(F)cc2)CC1. The fourth-order valence-corrected chi connectivity index (χ4v) is 4.22. The van der Waals surface area contributed by atoms with E-state index in [2.05, 4.69) is 16.5 Å². The predicted molar refractivity (Wildman–Crippen MR) is 87.2 cm³/mol. The fraction of sp³-hybridized carbons (Fsp3) is 0.625. The van der Waals surface area contributed by atoms with Crippen molar-refractivity contribution in [3.8, 4) is 0 Å². The van der Waals surface area contributed by atoms with Gasteiger partial charge < -0.3 is 9.64 Å². The largest absolute Gasteiger partial charge is 0.384 e. The van der Waals surface area contributed by atoms with Crippen molar-refractivity contribution >= 4 is 10.0 Å². The van der Waals surface area contributed by atoms with Crippen LogP contribution in [-0.2, 0) is 14.8 Å². The highest BCUT2D eigenvalue weighted by Crippen LogP contribution is 2.16. The predicted octanol–water partition coefficient (Wildman–Crippen LogP) is 1.85. The zero-order chi connectivity index (χ0) is 16.9. The highest BCUT2D eigenvalue weighted by atomic mass is 32.2. The van der Waals surface area contributed by atoms with E-state index in [-0.39, 0.29) is 10.9 Å². The third kappa shape index (κ3) is 5.53. The van der Waals surface area contributed by atoms with E-state index in [1.54, 1.807) is 7.11 Å². The monoisotopic (exact) mass is 344 g/mol. The van der Waals surface area contributed by atoms with E-state index in [9.17, 15) is 12.8 Å². The summed E-state index contributed by atoms with van der Waals surface area (Å²) < 4.78 is 45.4. The van der Waals surface area contributed by atoms with Gasteiger partial charge in [-0.1, -0.05) is 6.92 Å².